The molecule has 0 spiro atoms. The molecule has 0 bridgehead atoms. The van der Waals surface area contributed by atoms with Crippen molar-refractivity contribution in [3.8, 4) is 0 Å². The number of fused-ring (bicyclic) bond motifs is 1. The minimum Gasteiger partial charge on any atom is -0.466 e. The molecule has 4 unspecified atom stereocenters. The fraction of sp³-hybridized carbons (Fsp3) is 0.875. The van der Waals surface area contributed by atoms with Gasteiger partial charge in [0.2, 0.25) is 0 Å². The number of hydrogen-bond donors (Lipinski definition) is 0. The fourth-order valence-electron chi connectivity index (χ4n) is 3.76. The van der Waals surface area contributed by atoms with Crippen molar-refractivity contribution in [2.75, 3.05) is 19.8 Å². The van der Waals surface area contributed by atoms with Crippen LogP contribution in [0.4, 0.5) is 0 Å². The molecule has 1 saturated heterocycles. The molecule has 0 aromatic carbocycles. The highest BCUT2D eigenvalue weighted by atomic mass is 16.6. The van der Waals surface area contributed by atoms with Crippen LogP contribution < -0.4 is 0 Å². The van der Waals surface area contributed by atoms with E-state index in [-0.39, 0.29) is 23.8 Å². The summed E-state index contributed by atoms with van der Waals surface area (Å²) in [6.45, 7) is 5.15. The van der Waals surface area contributed by atoms with Gasteiger partial charge in [0.15, 0.2) is 0 Å². The summed E-state index contributed by atoms with van der Waals surface area (Å²) in [6.07, 6.45) is 10.4. The third-order valence-corrected chi connectivity index (χ3v) is 6.17. The van der Waals surface area contributed by atoms with E-state index in [0.717, 1.165) is 64.2 Å². The molecular formula is C24H40O7. The van der Waals surface area contributed by atoms with Gasteiger partial charge in [0.1, 0.15) is 0 Å². The van der Waals surface area contributed by atoms with Crippen LogP contribution in [0.3, 0.4) is 0 Å². The van der Waals surface area contributed by atoms with Crippen molar-refractivity contribution in [1.82, 2.24) is 0 Å². The molecule has 2 fully saturated rings. The summed E-state index contributed by atoms with van der Waals surface area (Å²) in [5.74, 6) is -0.0724. The van der Waals surface area contributed by atoms with Crippen LogP contribution in [0.1, 0.15) is 90.9 Å². The summed E-state index contributed by atoms with van der Waals surface area (Å²) in [6, 6.07) is 0. The third-order valence-electron chi connectivity index (χ3n) is 6.17. The van der Waals surface area contributed by atoms with Crippen LogP contribution in [0.5, 0.6) is 0 Å². The smallest absolute Gasteiger partial charge is 0.308 e. The minimum absolute atomic E-state index is 0.0527. The fourth-order valence-corrected chi connectivity index (χ4v) is 3.76. The standard InChI is InChI=1S/C24H40O7/c1-3-18(2)24(27)29-15-9-5-6-10-22(25)28-14-8-4-7-11-23(26)30-17-19-12-13-20-21(16-19)31-20/h18-21H,3-17H2,1-2H3. The van der Waals surface area contributed by atoms with Crippen molar-refractivity contribution in [2.24, 2.45) is 11.8 Å². The molecule has 31 heavy (non-hydrogen) atoms. The predicted molar refractivity (Wildman–Crippen MR) is 115 cm³/mol. The first kappa shape index (κ1) is 25.6. The predicted octanol–water partition coefficient (Wildman–Crippen LogP) is 4.35. The van der Waals surface area contributed by atoms with E-state index in [1.165, 1.54) is 0 Å². The van der Waals surface area contributed by atoms with Crippen molar-refractivity contribution >= 4 is 17.9 Å². The van der Waals surface area contributed by atoms with Gasteiger partial charge in [0.05, 0.1) is 37.9 Å². The molecule has 178 valence electrons. The Bertz CT molecular complexity index is 562. The zero-order valence-electron chi connectivity index (χ0n) is 19.3. The third kappa shape index (κ3) is 11.0. The lowest BCUT2D eigenvalue weighted by molar-refractivity contribution is -0.148. The van der Waals surface area contributed by atoms with Gasteiger partial charge in [-0.05, 0) is 70.1 Å². The van der Waals surface area contributed by atoms with E-state index < -0.39 is 0 Å². The first-order valence-electron chi connectivity index (χ1n) is 12.1. The van der Waals surface area contributed by atoms with Crippen LogP contribution in [0, 0.1) is 11.8 Å². The first-order chi connectivity index (χ1) is 15.0. The zero-order valence-corrected chi connectivity index (χ0v) is 19.3. The van der Waals surface area contributed by atoms with Gasteiger partial charge < -0.3 is 18.9 Å². The van der Waals surface area contributed by atoms with Crippen molar-refractivity contribution < 1.29 is 33.3 Å². The summed E-state index contributed by atoms with van der Waals surface area (Å²) in [7, 11) is 0. The SMILES string of the molecule is CCC(C)C(=O)OCCCCCC(=O)OCCCCCC(=O)OCC1CCC2OC2C1. The molecule has 0 aromatic heterocycles. The Morgan fingerprint density at radius 3 is 2.13 bits per heavy atom. The number of ether oxygens (including phenoxy) is 4. The molecule has 7 nitrogen and oxygen atoms in total. The lowest BCUT2D eigenvalue weighted by Gasteiger charge is -2.18. The number of esters is 3. The minimum atomic E-state index is -0.189. The highest BCUT2D eigenvalue weighted by Gasteiger charge is 2.43. The number of epoxide rings is 1. The van der Waals surface area contributed by atoms with E-state index >= 15 is 0 Å². The van der Waals surface area contributed by atoms with Crippen molar-refractivity contribution in [2.45, 2.75) is 103 Å². The van der Waals surface area contributed by atoms with E-state index in [2.05, 4.69) is 0 Å². The van der Waals surface area contributed by atoms with E-state index in [4.69, 9.17) is 18.9 Å². The van der Waals surface area contributed by atoms with Gasteiger partial charge in [-0.3, -0.25) is 14.4 Å². The van der Waals surface area contributed by atoms with Gasteiger partial charge in [0.25, 0.3) is 0 Å². The Labute approximate surface area is 186 Å². The Morgan fingerprint density at radius 2 is 1.48 bits per heavy atom. The van der Waals surface area contributed by atoms with Gasteiger partial charge >= 0.3 is 17.9 Å². The lowest BCUT2D eigenvalue weighted by atomic mass is 9.90. The monoisotopic (exact) mass is 440 g/mol. The van der Waals surface area contributed by atoms with Crippen molar-refractivity contribution in [3.63, 3.8) is 0 Å². The second-order valence-electron chi connectivity index (χ2n) is 8.89. The number of carbonyl (C=O) groups is 3. The molecule has 0 N–H and O–H groups in total. The second-order valence-corrected chi connectivity index (χ2v) is 8.89. The van der Waals surface area contributed by atoms with Crippen LogP contribution in [0.2, 0.25) is 0 Å². The van der Waals surface area contributed by atoms with Gasteiger partial charge in [-0.25, -0.2) is 0 Å². The van der Waals surface area contributed by atoms with E-state index in [0.29, 0.717) is 50.8 Å². The van der Waals surface area contributed by atoms with Crippen molar-refractivity contribution in [3.05, 3.63) is 0 Å². The Hall–Kier alpha value is -1.63. The molecule has 1 aliphatic carbocycles. The van der Waals surface area contributed by atoms with Gasteiger partial charge in [-0.1, -0.05) is 13.8 Å². The van der Waals surface area contributed by atoms with Crippen LogP contribution in [0.25, 0.3) is 0 Å². The number of rotatable bonds is 16. The van der Waals surface area contributed by atoms with Crippen LogP contribution in [-0.2, 0) is 33.3 Å². The molecule has 0 aromatic rings. The quantitative estimate of drug-likeness (QED) is 0.152. The molecule has 1 saturated carbocycles. The van der Waals surface area contributed by atoms with Crippen LogP contribution >= 0.6 is 0 Å². The summed E-state index contributed by atoms with van der Waals surface area (Å²) in [5.41, 5.74) is 0. The molecular weight excluding hydrogens is 400 g/mol. The summed E-state index contributed by atoms with van der Waals surface area (Å²) < 4.78 is 21.3. The van der Waals surface area contributed by atoms with Crippen LogP contribution in [0.15, 0.2) is 0 Å². The second kappa shape index (κ2) is 14.4. The summed E-state index contributed by atoms with van der Waals surface area (Å²) in [5, 5.41) is 0. The number of hydrogen-bond acceptors (Lipinski definition) is 7. The first-order valence-corrected chi connectivity index (χ1v) is 12.1. The average molecular weight is 441 g/mol. The highest BCUT2D eigenvalue weighted by Crippen LogP contribution is 2.39. The molecule has 2 aliphatic rings. The maximum absolute atomic E-state index is 11.8. The molecule has 0 radical (unpaired) electrons. The number of unbranched alkanes of at least 4 members (excludes halogenated alkanes) is 4. The maximum Gasteiger partial charge on any atom is 0.308 e. The van der Waals surface area contributed by atoms with Crippen molar-refractivity contribution in [1.29, 1.82) is 0 Å². The lowest BCUT2D eigenvalue weighted by Crippen LogP contribution is -2.20. The number of carbonyl (C=O) groups excluding carboxylic acids is 3. The van der Waals surface area contributed by atoms with Crippen LogP contribution in [-0.4, -0.2) is 49.9 Å². The molecule has 0 amide bonds. The van der Waals surface area contributed by atoms with E-state index in [1.54, 1.807) is 0 Å². The highest BCUT2D eigenvalue weighted by molar-refractivity contribution is 5.71. The Morgan fingerprint density at radius 1 is 0.839 bits per heavy atom. The Balaban J connectivity index is 1.33. The van der Waals surface area contributed by atoms with Gasteiger partial charge in [-0.2, -0.15) is 0 Å². The van der Waals surface area contributed by atoms with Gasteiger partial charge in [-0.15, -0.1) is 0 Å². The molecule has 2 rings (SSSR count). The molecule has 4 atom stereocenters. The van der Waals surface area contributed by atoms with E-state index in [1.807, 2.05) is 13.8 Å². The summed E-state index contributed by atoms with van der Waals surface area (Å²) in [4.78, 5) is 35.1. The average Bonchev–Trinajstić information content (AvgIpc) is 3.55. The topological polar surface area (TPSA) is 91.4 Å². The maximum atomic E-state index is 11.8. The summed E-state index contributed by atoms with van der Waals surface area (Å²) >= 11 is 0. The van der Waals surface area contributed by atoms with E-state index in [9.17, 15) is 14.4 Å². The largest absolute Gasteiger partial charge is 0.466 e. The molecule has 1 heterocycles. The zero-order chi connectivity index (χ0) is 22.5. The Kier molecular flexibility index (Phi) is 11.9. The molecule has 1 aliphatic heterocycles. The van der Waals surface area contributed by atoms with Gasteiger partial charge in [0, 0.05) is 12.8 Å². The molecule has 7 heteroatoms. The normalized spacial score (nSPS) is 22.8.